The highest BCUT2D eigenvalue weighted by molar-refractivity contribution is 9.10. The van der Waals surface area contributed by atoms with Crippen molar-refractivity contribution in [3.63, 3.8) is 0 Å². The molecule has 4 nitrogen and oxygen atoms in total. The standard InChI is InChI=1S/C11H14BrNO3S/c1-11(2,5-3-8(14)15)13-10(16)9-7(12)4-6-17-9/h4,6H,3,5H2,1-2H3,(H,13,16)(H,14,15). The molecule has 0 bridgehead atoms. The Kier molecular flexibility index (Phi) is 4.70. The molecule has 1 aromatic heterocycles. The van der Waals surface area contributed by atoms with Crippen molar-refractivity contribution in [3.8, 4) is 0 Å². The molecule has 0 radical (unpaired) electrons. The molecule has 0 aliphatic heterocycles. The van der Waals surface area contributed by atoms with E-state index in [0.29, 0.717) is 11.3 Å². The van der Waals surface area contributed by atoms with Gasteiger partial charge in [-0.2, -0.15) is 0 Å². The number of halogens is 1. The molecule has 0 aliphatic rings. The predicted molar refractivity (Wildman–Crippen MR) is 70.4 cm³/mol. The fourth-order valence-corrected chi connectivity index (χ4v) is 2.75. The fourth-order valence-electron chi connectivity index (χ4n) is 1.30. The molecular weight excluding hydrogens is 306 g/mol. The average Bonchev–Trinajstić information content (AvgIpc) is 2.61. The van der Waals surface area contributed by atoms with Crippen LogP contribution in [-0.2, 0) is 4.79 Å². The molecule has 0 saturated heterocycles. The van der Waals surface area contributed by atoms with Crippen molar-refractivity contribution in [1.29, 1.82) is 0 Å². The molecule has 1 amide bonds. The van der Waals surface area contributed by atoms with Crippen LogP contribution in [0.2, 0.25) is 0 Å². The first kappa shape index (κ1) is 14.2. The number of carbonyl (C=O) groups excluding carboxylic acids is 1. The number of thiophene rings is 1. The quantitative estimate of drug-likeness (QED) is 0.877. The van der Waals surface area contributed by atoms with E-state index in [4.69, 9.17) is 5.11 Å². The first-order valence-corrected chi connectivity index (χ1v) is 6.76. The van der Waals surface area contributed by atoms with Crippen LogP contribution in [0, 0.1) is 0 Å². The van der Waals surface area contributed by atoms with Crippen LogP contribution in [0.3, 0.4) is 0 Å². The minimum absolute atomic E-state index is 0.0406. The molecule has 1 aromatic rings. The minimum Gasteiger partial charge on any atom is -0.481 e. The molecule has 0 atom stereocenters. The lowest BCUT2D eigenvalue weighted by atomic mass is 9.98. The number of carboxylic acid groups (broad SMARTS) is 1. The molecule has 1 heterocycles. The number of nitrogens with one attached hydrogen (secondary N) is 1. The predicted octanol–water partition coefficient (Wildman–Crippen LogP) is 2.88. The van der Waals surface area contributed by atoms with Crippen molar-refractivity contribution in [2.45, 2.75) is 32.2 Å². The van der Waals surface area contributed by atoms with E-state index in [2.05, 4.69) is 21.2 Å². The Hall–Kier alpha value is -0.880. The lowest BCUT2D eigenvalue weighted by molar-refractivity contribution is -0.137. The summed E-state index contributed by atoms with van der Waals surface area (Å²) in [6.45, 7) is 3.63. The van der Waals surface area contributed by atoms with Gasteiger partial charge < -0.3 is 10.4 Å². The van der Waals surface area contributed by atoms with Gasteiger partial charge in [-0.1, -0.05) is 0 Å². The Bertz CT molecular complexity index is 428. The zero-order valence-electron chi connectivity index (χ0n) is 9.62. The maximum absolute atomic E-state index is 11.9. The van der Waals surface area contributed by atoms with Gasteiger partial charge in [0.05, 0.1) is 0 Å². The summed E-state index contributed by atoms with van der Waals surface area (Å²) in [5, 5.41) is 13.3. The van der Waals surface area contributed by atoms with E-state index in [-0.39, 0.29) is 12.3 Å². The molecule has 0 saturated carbocycles. The van der Waals surface area contributed by atoms with E-state index in [1.54, 1.807) is 0 Å². The summed E-state index contributed by atoms with van der Waals surface area (Å²) in [4.78, 5) is 23.0. The number of rotatable bonds is 5. The number of carboxylic acids is 1. The highest BCUT2D eigenvalue weighted by atomic mass is 79.9. The van der Waals surface area contributed by atoms with Crippen molar-refractivity contribution in [1.82, 2.24) is 5.32 Å². The summed E-state index contributed by atoms with van der Waals surface area (Å²) in [5.74, 6) is -1.04. The zero-order valence-corrected chi connectivity index (χ0v) is 12.0. The number of amides is 1. The third kappa shape index (κ3) is 4.47. The van der Waals surface area contributed by atoms with E-state index in [0.717, 1.165) is 4.47 Å². The van der Waals surface area contributed by atoms with Crippen molar-refractivity contribution in [3.05, 3.63) is 20.8 Å². The van der Waals surface area contributed by atoms with Crippen molar-refractivity contribution >= 4 is 39.1 Å². The molecule has 17 heavy (non-hydrogen) atoms. The van der Waals surface area contributed by atoms with Crippen LogP contribution in [0.25, 0.3) is 0 Å². The van der Waals surface area contributed by atoms with Gasteiger partial charge in [0.25, 0.3) is 5.91 Å². The van der Waals surface area contributed by atoms with Gasteiger partial charge in [0.15, 0.2) is 0 Å². The number of aliphatic carboxylic acids is 1. The van der Waals surface area contributed by atoms with Gasteiger partial charge in [0.1, 0.15) is 4.88 Å². The third-order valence-corrected chi connectivity index (χ3v) is 4.08. The molecule has 0 spiro atoms. The van der Waals surface area contributed by atoms with Crippen LogP contribution in [0.5, 0.6) is 0 Å². The van der Waals surface area contributed by atoms with Gasteiger partial charge in [0, 0.05) is 16.4 Å². The Morgan fingerprint density at radius 3 is 2.65 bits per heavy atom. The second kappa shape index (κ2) is 5.64. The highest BCUT2D eigenvalue weighted by Gasteiger charge is 2.23. The van der Waals surface area contributed by atoms with Gasteiger partial charge in [0.2, 0.25) is 0 Å². The van der Waals surface area contributed by atoms with Crippen LogP contribution >= 0.6 is 27.3 Å². The second-order valence-corrected chi connectivity index (χ2v) is 6.10. The number of hydrogen-bond donors (Lipinski definition) is 2. The van der Waals surface area contributed by atoms with Crippen LogP contribution in [-0.4, -0.2) is 22.5 Å². The third-order valence-electron chi connectivity index (χ3n) is 2.24. The summed E-state index contributed by atoms with van der Waals surface area (Å²) < 4.78 is 0.758. The van der Waals surface area contributed by atoms with E-state index in [9.17, 15) is 9.59 Å². The van der Waals surface area contributed by atoms with Gasteiger partial charge in [-0.25, -0.2) is 0 Å². The fraction of sp³-hybridized carbons (Fsp3) is 0.455. The Morgan fingerprint density at radius 1 is 1.53 bits per heavy atom. The molecule has 0 aliphatic carbocycles. The molecule has 0 unspecified atom stereocenters. The molecule has 0 aromatic carbocycles. The van der Waals surface area contributed by atoms with E-state index < -0.39 is 11.5 Å². The van der Waals surface area contributed by atoms with E-state index >= 15 is 0 Å². The van der Waals surface area contributed by atoms with Gasteiger partial charge in [-0.3, -0.25) is 9.59 Å². The molecule has 6 heteroatoms. The minimum atomic E-state index is -0.857. The molecular formula is C11H14BrNO3S. The van der Waals surface area contributed by atoms with Crippen LogP contribution in [0.15, 0.2) is 15.9 Å². The largest absolute Gasteiger partial charge is 0.481 e. The lowest BCUT2D eigenvalue weighted by Gasteiger charge is -2.25. The Balaban J connectivity index is 2.61. The van der Waals surface area contributed by atoms with Crippen molar-refractivity contribution in [2.24, 2.45) is 0 Å². The molecule has 94 valence electrons. The topological polar surface area (TPSA) is 66.4 Å². The number of carbonyl (C=O) groups is 2. The molecule has 1 rings (SSSR count). The zero-order chi connectivity index (χ0) is 13.1. The SMILES string of the molecule is CC(C)(CCC(=O)O)NC(=O)c1sccc1Br. The van der Waals surface area contributed by atoms with Crippen LogP contribution in [0.4, 0.5) is 0 Å². The summed E-state index contributed by atoms with van der Waals surface area (Å²) in [7, 11) is 0. The normalized spacial score (nSPS) is 11.2. The maximum atomic E-state index is 11.9. The lowest BCUT2D eigenvalue weighted by Crippen LogP contribution is -2.43. The van der Waals surface area contributed by atoms with Crippen molar-refractivity contribution < 1.29 is 14.7 Å². The summed E-state index contributed by atoms with van der Waals surface area (Å²) >= 11 is 4.64. The van der Waals surface area contributed by atoms with E-state index in [1.807, 2.05) is 25.3 Å². The van der Waals surface area contributed by atoms with E-state index in [1.165, 1.54) is 11.3 Å². The second-order valence-electron chi connectivity index (χ2n) is 4.33. The summed E-state index contributed by atoms with van der Waals surface area (Å²) in [6.07, 6.45) is 0.440. The first-order chi connectivity index (χ1) is 7.82. The van der Waals surface area contributed by atoms with Crippen LogP contribution in [0.1, 0.15) is 36.4 Å². The smallest absolute Gasteiger partial charge is 0.303 e. The van der Waals surface area contributed by atoms with Gasteiger partial charge in [-0.15, -0.1) is 11.3 Å². The Labute approximate surface area is 112 Å². The Morgan fingerprint density at radius 2 is 2.18 bits per heavy atom. The number of hydrogen-bond acceptors (Lipinski definition) is 3. The average molecular weight is 320 g/mol. The monoisotopic (exact) mass is 319 g/mol. The van der Waals surface area contributed by atoms with Gasteiger partial charge >= 0.3 is 5.97 Å². The highest BCUT2D eigenvalue weighted by Crippen LogP contribution is 2.23. The van der Waals surface area contributed by atoms with Crippen LogP contribution < -0.4 is 5.32 Å². The molecule has 2 N–H and O–H groups in total. The van der Waals surface area contributed by atoms with Gasteiger partial charge in [-0.05, 0) is 47.6 Å². The summed E-state index contributed by atoms with van der Waals surface area (Å²) in [5.41, 5.74) is -0.529. The maximum Gasteiger partial charge on any atom is 0.303 e. The molecule has 0 fully saturated rings. The first-order valence-electron chi connectivity index (χ1n) is 5.09. The summed E-state index contributed by atoms with van der Waals surface area (Å²) in [6, 6.07) is 1.81. The van der Waals surface area contributed by atoms with Crippen molar-refractivity contribution in [2.75, 3.05) is 0 Å².